The number of hydrogen-bond acceptors (Lipinski definition) is 3. The lowest BCUT2D eigenvalue weighted by Gasteiger charge is -2.38. The summed E-state index contributed by atoms with van der Waals surface area (Å²) in [6.07, 6.45) is 2.24. The summed E-state index contributed by atoms with van der Waals surface area (Å²) in [5, 5.41) is 0. The standard InChI is InChI=1S/C26H32F3NOS/c1-24(2,3)23-25(12-5-13-26(27,28)29)15-21(25)20-11-10-19(14-22(20)30-23)32-16-17-6-8-18(31-4)9-7-17/h6-11,21-22H,5,12-16H2,1-4H3. The Morgan fingerprint density at radius 1 is 1.12 bits per heavy atom. The first-order valence-corrected chi connectivity index (χ1v) is 12.3. The number of fused-ring (bicyclic) bond motifs is 3. The molecule has 1 saturated carbocycles. The van der Waals surface area contributed by atoms with E-state index in [0.29, 0.717) is 12.3 Å². The Labute approximate surface area is 193 Å². The van der Waals surface area contributed by atoms with E-state index in [1.165, 1.54) is 16.0 Å². The second-order valence-corrected chi connectivity index (χ2v) is 11.4. The lowest BCUT2D eigenvalue weighted by Crippen LogP contribution is -2.38. The Balaban J connectivity index is 1.47. The van der Waals surface area contributed by atoms with Crippen LogP contribution in [-0.2, 0) is 5.75 Å². The molecule has 174 valence electrons. The van der Waals surface area contributed by atoms with E-state index in [4.69, 9.17) is 9.73 Å². The van der Waals surface area contributed by atoms with Gasteiger partial charge in [0.05, 0.1) is 13.2 Å². The number of thioether (sulfide) groups is 1. The summed E-state index contributed by atoms with van der Waals surface area (Å²) in [6, 6.07) is 8.28. The maximum absolute atomic E-state index is 12.8. The van der Waals surface area contributed by atoms with E-state index in [1.807, 2.05) is 23.9 Å². The topological polar surface area (TPSA) is 21.6 Å². The molecule has 1 heterocycles. The maximum Gasteiger partial charge on any atom is 0.389 e. The Morgan fingerprint density at radius 2 is 1.84 bits per heavy atom. The van der Waals surface area contributed by atoms with Crippen LogP contribution in [0.1, 0.15) is 58.4 Å². The molecule has 0 aromatic heterocycles. The van der Waals surface area contributed by atoms with Gasteiger partial charge in [-0.3, -0.25) is 4.99 Å². The fourth-order valence-corrected chi connectivity index (χ4v) is 6.36. The third-order valence-corrected chi connectivity index (χ3v) is 8.00. The van der Waals surface area contributed by atoms with Crippen molar-refractivity contribution in [2.75, 3.05) is 7.11 Å². The minimum atomic E-state index is -4.08. The van der Waals surface area contributed by atoms with Gasteiger partial charge in [-0.15, -0.1) is 11.8 Å². The van der Waals surface area contributed by atoms with Crippen molar-refractivity contribution in [3.63, 3.8) is 0 Å². The highest BCUT2D eigenvalue weighted by Gasteiger charge is 2.63. The first-order valence-electron chi connectivity index (χ1n) is 11.3. The molecule has 0 spiro atoms. The molecule has 0 bridgehead atoms. The molecule has 1 aliphatic heterocycles. The maximum atomic E-state index is 12.8. The van der Waals surface area contributed by atoms with Crippen LogP contribution in [0.25, 0.3) is 0 Å². The predicted molar refractivity (Wildman–Crippen MR) is 126 cm³/mol. The number of methoxy groups -OCH3 is 1. The van der Waals surface area contributed by atoms with Crippen molar-refractivity contribution in [2.45, 2.75) is 70.8 Å². The fourth-order valence-electron chi connectivity index (χ4n) is 5.38. The Bertz CT molecular complexity index is 939. The molecule has 1 fully saturated rings. The molecule has 6 heteroatoms. The van der Waals surface area contributed by atoms with Crippen LogP contribution in [0.5, 0.6) is 5.75 Å². The van der Waals surface area contributed by atoms with Crippen molar-refractivity contribution in [3.05, 3.63) is 52.5 Å². The summed E-state index contributed by atoms with van der Waals surface area (Å²) < 4.78 is 43.5. The Kier molecular flexibility index (Phi) is 6.30. The highest BCUT2D eigenvalue weighted by atomic mass is 32.2. The number of benzene rings is 1. The van der Waals surface area contributed by atoms with Crippen LogP contribution in [0.3, 0.4) is 0 Å². The number of hydrogen-bond donors (Lipinski definition) is 0. The van der Waals surface area contributed by atoms with Crippen molar-refractivity contribution in [1.82, 2.24) is 0 Å². The molecule has 2 nitrogen and oxygen atoms in total. The van der Waals surface area contributed by atoms with Crippen LogP contribution >= 0.6 is 11.8 Å². The van der Waals surface area contributed by atoms with Gasteiger partial charge in [0.25, 0.3) is 0 Å². The van der Waals surface area contributed by atoms with Crippen LogP contribution in [0, 0.1) is 16.7 Å². The van der Waals surface area contributed by atoms with Crippen molar-refractivity contribution in [3.8, 4) is 5.75 Å². The van der Waals surface area contributed by atoms with Gasteiger partial charge in [0.1, 0.15) is 5.75 Å². The number of alkyl halides is 3. The summed E-state index contributed by atoms with van der Waals surface area (Å²) in [4.78, 5) is 6.53. The zero-order chi connectivity index (χ0) is 23.1. The van der Waals surface area contributed by atoms with Gasteiger partial charge in [0.15, 0.2) is 0 Å². The van der Waals surface area contributed by atoms with Gasteiger partial charge in [-0.1, -0.05) is 45.1 Å². The molecule has 0 radical (unpaired) electrons. The number of halogens is 3. The van der Waals surface area contributed by atoms with Gasteiger partial charge >= 0.3 is 6.18 Å². The molecular formula is C26H32F3NOS. The fraction of sp³-hybridized carbons (Fsp3) is 0.577. The average molecular weight is 464 g/mol. The Hall–Kier alpha value is -1.69. The summed E-state index contributed by atoms with van der Waals surface area (Å²) >= 11 is 1.84. The van der Waals surface area contributed by atoms with Crippen molar-refractivity contribution in [2.24, 2.45) is 21.7 Å². The van der Waals surface area contributed by atoms with Gasteiger partial charge in [0.2, 0.25) is 0 Å². The lowest BCUT2D eigenvalue weighted by atomic mass is 9.72. The quantitative estimate of drug-likeness (QED) is 0.412. The summed E-state index contributed by atoms with van der Waals surface area (Å²) in [5.74, 6) is 2.11. The highest BCUT2D eigenvalue weighted by molar-refractivity contribution is 8.02. The number of aliphatic imine (C=N–C) groups is 1. The van der Waals surface area contributed by atoms with E-state index in [2.05, 4.69) is 45.1 Å². The summed E-state index contributed by atoms with van der Waals surface area (Å²) in [7, 11) is 1.67. The number of ether oxygens (including phenoxy) is 1. The minimum absolute atomic E-state index is 0.129. The molecule has 32 heavy (non-hydrogen) atoms. The van der Waals surface area contributed by atoms with Crippen LogP contribution in [0.15, 0.2) is 51.9 Å². The molecule has 3 aliphatic rings. The van der Waals surface area contributed by atoms with Crippen molar-refractivity contribution < 1.29 is 17.9 Å². The van der Waals surface area contributed by atoms with Crippen molar-refractivity contribution in [1.29, 1.82) is 0 Å². The van der Waals surface area contributed by atoms with Gasteiger partial charge in [-0.2, -0.15) is 13.2 Å². The predicted octanol–water partition coefficient (Wildman–Crippen LogP) is 7.75. The van der Waals surface area contributed by atoms with E-state index in [9.17, 15) is 13.2 Å². The summed E-state index contributed by atoms with van der Waals surface area (Å²) in [5.41, 5.74) is 3.43. The van der Waals surface area contributed by atoms with Gasteiger partial charge in [-0.25, -0.2) is 0 Å². The average Bonchev–Trinajstić information content (AvgIpc) is 3.45. The molecule has 1 aromatic rings. The summed E-state index contributed by atoms with van der Waals surface area (Å²) in [6.45, 7) is 6.46. The van der Waals surface area contributed by atoms with Crippen LogP contribution < -0.4 is 4.74 Å². The lowest BCUT2D eigenvalue weighted by molar-refractivity contribution is -0.136. The monoisotopic (exact) mass is 463 g/mol. The van der Waals surface area contributed by atoms with E-state index < -0.39 is 12.6 Å². The van der Waals surface area contributed by atoms with E-state index in [-0.39, 0.29) is 23.3 Å². The zero-order valence-corrected chi connectivity index (χ0v) is 20.1. The first-order chi connectivity index (χ1) is 15.0. The molecule has 2 aliphatic carbocycles. The third-order valence-electron chi connectivity index (χ3n) is 6.85. The number of nitrogens with zero attached hydrogens (tertiary/aromatic N) is 1. The SMILES string of the molecule is COc1ccc(CSC2=CC=C3C(C2)N=C(C(C)(C)C)C2(CCCC(F)(F)F)CC32)cc1. The molecule has 0 saturated heterocycles. The van der Waals surface area contributed by atoms with Crippen LogP contribution in [-0.4, -0.2) is 25.0 Å². The van der Waals surface area contributed by atoms with Gasteiger partial charge in [0, 0.05) is 35.1 Å². The highest BCUT2D eigenvalue weighted by Crippen LogP contribution is 2.66. The molecule has 4 rings (SSSR count). The zero-order valence-electron chi connectivity index (χ0n) is 19.3. The molecular weight excluding hydrogens is 431 g/mol. The molecule has 3 unspecified atom stereocenters. The second kappa shape index (κ2) is 8.58. The van der Waals surface area contributed by atoms with Gasteiger partial charge < -0.3 is 4.74 Å². The minimum Gasteiger partial charge on any atom is -0.497 e. The van der Waals surface area contributed by atoms with E-state index in [1.54, 1.807) is 7.11 Å². The van der Waals surface area contributed by atoms with Crippen LogP contribution in [0.2, 0.25) is 0 Å². The van der Waals surface area contributed by atoms with Crippen molar-refractivity contribution >= 4 is 17.5 Å². The normalized spacial score (nSPS) is 27.0. The van der Waals surface area contributed by atoms with E-state index in [0.717, 1.165) is 30.1 Å². The first kappa shape index (κ1) is 23.5. The number of allylic oxidation sites excluding steroid dienone is 2. The van der Waals surface area contributed by atoms with E-state index >= 15 is 0 Å². The Morgan fingerprint density at radius 3 is 2.47 bits per heavy atom. The molecule has 0 amide bonds. The number of rotatable bonds is 7. The largest absolute Gasteiger partial charge is 0.497 e. The van der Waals surface area contributed by atoms with Crippen LogP contribution in [0.4, 0.5) is 13.2 Å². The smallest absolute Gasteiger partial charge is 0.389 e. The second-order valence-electron chi connectivity index (χ2n) is 10.3. The third kappa shape index (κ3) is 4.95. The molecule has 3 atom stereocenters. The molecule has 1 aromatic carbocycles. The molecule has 0 N–H and O–H groups in total. The van der Waals surface area contributed by atoms with Gasteiger partial charge in [-0.05, 0) is 53.4 Å².